The quantitative estimate of drug-likeness (QED) is 0.558. The number of quaternary nitrogens is 1. The van der Waals surface area contributed by atoms with Crippen molar-refractivity contribution in [3.05, 3.63) is 95.6 Å². The van der Waals surface area contributed by atoms with Crippen LogP contribution in [0.1, 0.15) is 41.3 Å². The summed E-state index contributed by atoms with van der Waals surface area (Å²) >= 11 is 0. The van der Waals surface area contributed by atoms with Crippen molar-refractivity contribution in [2.24, 2.45) is 0 Å². The minimum atomic E-state index is -3.78. The van der Waals surface area contributed by atoms with Gasteiger partial charge in [0.15, 0.2) is 0 Å². The fraction of sp³-hybridized carbons (Fsp3) is 0.321. The summed E-state index contributed by atoms with van der Waals surface area (Å²) in [5.41, 5.74) is 3.46. The van der Waals surface area contributed by atoms with Crippen LogP contribution in [0.5, 0.6) is 0 Å². The average Bonchev–Trinajstić information content (AvgIpc) is 3.22. The molecule has 7 heteroatoms. The van der Waals surface area contributed by atoms with Gasteiger partial charge in [-0.15, -0.1) is 0 Å². The Bertz CT molecular complexity index is 1300. The summed E-state index contributed by atoms with van der Waals surface area (Å²) < 4.78 is 28.6. The fourth-order valence-electron chi connectivity index (χ4n) is 5.32. The molecule has 182 valence electrons. The number of likely N-dealkylation sites (tertiary alicyclic amines) is 1. The van der Waals surface area contributed by atoms with E-state index in [4.69, 9.17) is 0 Å². The molecule has 1 atom stereocenters. The van der Waals surface area contributed by atoms with Crippen LogP contribution in [-0.2, 0) is 23.0 Å². The maximum Gasteiger partial charge on any atom is 0.264 e. The Hall–Kier alpha value is -3.16. The van der Waals surface area contributed by atoms with E-state index in [1.807, 2.05) is 37.3 Å². The first-order valence-electron chi connectivity index (χ1n) is 12.3. The molecule has 0 aliphatic carbocycles. The lowest BCUT2D eigenvalue weighted by molar-refractivity contribution is -0.918. The molecular formula is C28H32N3O3S+. The molecule has 2 aliphatic rings. The van der Waals surface area contributed by atoms with Crippen LogP contribution in [0.3, 0.4) is 0 Å². The molecule has 3 aromatic carbocycles. The number of sulfonamides is 1. The molecule has 0 radical (unpaired) electrons. The number of nitrogens with one attached hydrogen (secondary N) is 2. The number of hydrogen-bond donors (Lipinski definition) is 2. The van der Waals surface area contributed by atoms with Crippen LogP contribution in [0.2, 0.25) is 0 Å². The fourth-order valence-corrected chi connectivity index (χ4v) is 7.05. The highest BCUT2D eigenvalue weighted by molar-refractivity contribution is 7.92. The maximum atomic E-state index is 13.6. The molecule has 2 aliphatic heterocycles. The zero-order valence-corrected chi connectivity index (χ0v) is 20.8. The molecule has 1 amide bonds. The molecule has 5 rings (SSSR count). The Morgan fingerprint density at radius 2 is 1.69 bits per heavy atom. The number of benzene rings is 3. The normalized spacial score (nSPS) is 22.0. The van der Waals surface area contributed by atoms with E-state index in [1.54, 1.807) is 18.2 Å². The number of rotatable bonds is 6. The standard InChI is InChI=1S/C28H31N3O3S/c1-21-18-23-10-5-6-13-27(23)31(21)35(33,34)26-12-7-11-24(19-26)28(32)29-25-14-16-30(17-15-25)20-22-8-3-2-4-9-22/h2-13,19,21,25H,14-18,20H2,1H3,(H,29,32)/p+1/t21-/m1/s1. The van der Waals surface area contributed by atoms with Crippen LogP contribution >= 0.6 is 0 Å². The van der Waals surface area contributed by atoms with Crippen LogP contribution in [0.25, 0.3) is 0 Å². The number of carbonyl (C=O) groups excluding carboxylic acids is 1. The van der Waals surface area contributed by atoms with Crippen molar-refractivity contribution in [2.45, 2.75) is 49.7 Å². The van der Waals surface area contributed by atoms with Gasteiger partial charge in [-0.2, -0.15) is 0 Å². The summed E-state index contributed by atoms with van der Waals surface area (Å²) in [6, 6.07) is 24.4. The van der Waals surface area contributed by atoms with E-state index in [-0.39, 0.29) is 22.9 Å². The van der Waals surface area contributed by atoms with Gasteiger partial charge in [0.2, 0.25) is 0 Å². The number of nitrogens with zero attached hydrogens (tertiary/aromatic N) is 1. The van der Waals surface area contributed by atoms with Gasteiger partial charge >= 0.3 is 0 Å². The Kier molecular flexibility index (Phi) is 6.62. The predicted molar refractivity (Wildman–Crippen MR) is 137 cm³/mol. The number of para-hydroxylation sites is 1. The van der Waals surface area contributed by atoms with Crippen LogP contribution in [0.4, 0.5) is 5.69 Å². The first kappa shape index (κ1) is 23.6. The smallest absolute Gasteiger partial charge is 0.264 e. The molecule has 3 aromatic rings. The van der Waals surface area contributed by atoms with Crippen molar-refractivity contribution in [3.8, 4) is 0 Å². The van der Waals surface area contributed by atoms with Gasteiger partial charge in [-0.25, -0.2) is 8.42 Å². The summed E-state index contributed by atoms with van der Waals surface area (Å²) in [7, 11) is -3.78. The topological polar surface area (TPSA) is 70.9 Å². The third-order valence-corrected chi connectivity index (χ3v) is 9.05. The largest absolute Gasteiger partial charge is 0.349 e. The first-order valence-corrected chi connectivity index (χ1v) is 13.8. The second-order valence-corrected chi connectivity index (χ2v) is 11.5. The van der Waals surface area contributed by atoms with E-state index in [9.17, 15) is 13.2 Å². The maximum absolute atomic E-state index is 13.6. The monoisotopic (exact) mass is 490 g/mol. The predicted octanol–water partition coefficient (Wildman–Crippen LogP) is 2.80. The molecule has 0 unspecified atom stereocenters. The molecule has 0 bridgehead atoms. The number of hydrogen-bond acceptors (Lipinski definition) is 3. The molecule has 0 aromatic heterocycles. The highest BCUT2D eigenvalue weighted by Crippen LogP contribution is 2.36. The summed E-state index contributed by atoms with van der Waals surface area (Å²) in [5.74, 6) is -0.214. The number of carbonyl (C=O) groups is 1. The summed E-state index contributed by atoms with van der Waals surface area (Å²) in [4.78, 5) is 14.7. The minimum Gasteiger partial charge on any atom is -0.349 e. The molecule has 0 saturated carbocycles. The summed E-state index contributed by atoms with van der Waals surface area (Å²) in [5, 5.41) is 3.13. The zero-order valence-electron chi connectivity index (χ0n) is 20.0. The molecular weight excluding hydrogens is 458 g/mol. The van der Waals surface area contributed by atoms with Gasteiger partial charge in [0.05, 0.1) is 23.7 Å². The van der Waals surface area contributed by atoms with Gasteiger partial charge in [-0.1, -0.05) is 54.6 Å². The lowest BCUT2D eigenvalue weighted by Gasteiger charge is -2.30. The Labute approximate surface area is 207 Å². The van der Waals surface area contributed by atoms with Gasteiger partial charge in [-0.05, 0) is 43.2 Å². The highest BCUT2D eigenvalue weighted by Gasteiger charge is 2.36. The SMILES string of the molecule is C[C@@H]1Cc2ccccc2N1S(=O)(=O)c1cccc(C(=O)NC2CC[NH+](Cc3ccccc3)CC2)c1. The third kappa shape index (κ3) is 4.97. The molecule has 35 heavy (non-hydrogen) atoms. The molecule has 2 N–H and O–H groups in total. The van der Waals surface area contributed by atoms with E-state index in [1.165, 1.54) is 20.8 Å². The number of amides is 1. The molecule has 0 spiro atoms. The van der Waals surface area contributed by atoms with E-state index in [0.29, 0.717) is 12.0 Å². The van der Waals surface area contributed by atoms with Crippen molar-refractivity contribution in [1.82, 2.24) is 5.32 Å². The van der Waals surface area contributed by atoms with E-state index in [2.05, 4.69) is 29.6 Å². The molecule has 2 heterocycles. The van der Waals surface area contributed by atoms with Gasteiger partial charge in [0.1, 0.15) is 6.54 Å². The second-order valence-electron chi connectivity index (χ2n) is 9.67. The van der Waals surface area contributed by atoms with Gasteiger partial charge < -0.3 is 10.2 Å². The van der Waals surface area contributed by atoms with Crippen LogP contribution < -0.4 is 14.5 Å². The molecule has 1 fully saturated rings. The van der Waals surface area contributed by atoms with E-state index < -0.39 is 10.0 Å². The first-order chi connectivity index (χ1) is 16.9. The molecule has 1 saturated heterocycles. The zero-order chi connectivity index (χ0) is 24.4. The Morgan fingerprint density at radius 3 is 2.46 bits per heavy atom. The lowest BCUT2D eigenvalue weighted by Crippen LogP contribution is -3.12. The molecule has 6 nitrogen and oxygen atoms in total. The number of anilines is 1. The van der Waals surface area contributed by atoms with E-state index in [0.717, 1.165) is 43.7 Å². The van der Waals surface area contributed by atoms with Crippen molar-refractivity contribution in [3.63, 3.8) is 0 Å². The lowest BCUT2D eigenvalue weighted by atomic mass is 10.0. The van der Waals surface area contributed by atoms with Gasteiger partial charge in [0, 0.05) is 36.1 Å². The van der Waals surface area contributed by atoms with Gasteiger partial charge in [-0.3, -0.25) is 9.10 Å². The van der Waals surface area contributed by atoms with Crippen molar-refractivity contribution < 1.29 is 18.1 Å². The van der Waals surface area contributed by atoms with Crippen LogP contribution in [0.15, 0.2) is 83.8 Å². The van der Waals surface area contributed by atoms with Crippen LogP contribution in [0, 0.1) is 0 Å². The van der Waals surface area contributed by atoms with Gasteiger partial charge in [0.25, 0.3) is 15.9 Å². The number of fused-ring (bicyclic) bond motifs is 1. The van der Waals surface area contributed by atoms with E-state index >= 15 is 0 Å². The second kappa shape index (κ2) is 9.84. The highest BCUT2D eigenvalue weighted by atomic mass is 32.2. The average molecular weight is 491 g/mol. The van der Waals surface area contributed by atoms with Crippen molar-refractivity contribution >= 4 is 21.6 Å². The van der Waals surface area contributed by atoms with Crippen molar-refractivity contribution in [2.75, 3.05) is 17.4 Å². The number of piperidine rings is 1. The Morgan fingerprint density at radius 1 is 0.971 bits per heavy atom. The Balaban J connectivity index is 1.24. The third-order valence-electron chi connectivity index (χ3n) is 7.12. The summed E-state index contributed by atoms with van der Waals surface area (Å²) in [6.45, 7) is 4.92. The minimum absolute atomic E-state index is 0.104. The summed E-state index contributed by atoms with van der Waals surface area (Å²) in [6.07, 6.45) is 2.50. The van der Waals surface area contributed by atoms with Crippen LogP contribution in [-0.4, -0.2) is 39.5 Å². The van der Waals surface area contributed by atoms with Crippen molar-refractivity contribution in [1.29, 1.82) is 0 Å².